The Balaban J connectivity index is 1.92. The summed E-state index contributed by atoms with van der Waals surface area (Å²) in [5, 5.41) is 0. The summed E-state index contributed by atoms with van der Waals surface area (Å²) >= 11 is 0. The van der Waals surface area contributed by atoms with Crippen molar-refractivity contribution in [2.75, 3.05) is 18.0 Å². The van der Waals surface area contributed by atoms with Gasteiger partial charge in [-0.3, -0.25) is 14.5 Å². The molecule has 4 heteroatoms. The fourth-order valence-electron chi connectivity index (χ4n) is 3.22. The van der Waals surface area contributed by atoms with Crippen molar-refractivity contribution in [3.63, 3.8) is 0 Å². The van der Waals surface area contributed by atoms with Gasteiger partial charge < -0.3 is 0 Å². The van der Waals surface area contributed by atoms with Crippen LogP contribution in [0.2, 0.25) is 0 Å². The maximum absolute atomic E-state index is 12.8. The lowest BCUT2D eigenvalue weighted by molar-refractivity contribution is -0.126. The predicted octanol–water partition coefficient (Wildman–Crippen LogP) is 2.11. The van der Waals surface area contributed by atoms with Crippen molar-refractivity contribution in [3.05, 3.63) is 29.8 Å². The number of benzene rings is 1. The third-order valence-electron chi connectivity index (χ3n) is 4.50. The Morgan fingerprint density at radius 1 is 1.05 bits per heavy atom. The summed E-state index contributed by atoms with van der Waals surface area (Å²) in [7, 11) is 0. The average molecular weight is 272 g/mol. The van der Waals surface area contributed by atoms with Crippen molar-refractivity contribution < 1.29 is 9.59 Å². The predicted molar refractivity (Wildman–Crippen MR) is 77.5 cm³/mol. The van der Waals surface area contributed by atoms with E-state index >= 15 is 0 Å². The second-order valence-corrected chi connectivity index (χ2v) is 6.01. The van der Waals surface area contributed by atoms with E-state index in [-0.39, 0.29) is 11.8 Å². The first-order chi connectivity index (χ1) is 9.52. The number of anilines is 1. The number of carbonyl (C=O) groups is 2. The van der Waals surface area contributed by atoms with E-state index in [9.17, 15) is 9.59 Å². The highest BCUT2D eigenvalue weighted by molar-refractivity contribution is 6.24. The Kier molecular flexibility index (Phi) is 3.13. The minimum absolute atomic E-state index is 0.0757. The van der Waals surface area contributed by atoms with Crippen LogP contribution in [0.25, 0.3) is 0 Å². The summed E-state index contributed by atoms with van der Waals surface area (Å²) in [6, 6.07) is 7.56. The summed E-state index contributed by atoms with van der Waals surface area (Å²) < 4.78 is 0. The molecule has 0 bridgehead atoms. The van der Waals surface area contributed by atoms with E-state index in [0.29, 0.717) is 12.1 Å². The summed E-state index contributed by atoms with van der Waals surface area (Å²) in [6.07, 6.45) is 2.52. The van der Waals surface area contributed by atoms with Gasteiger partial charge >= 0.3 is 0 Å². The molecule has 0 N–H and O–H groups in total. The average Bonchev–Trinajstić information content (AvgIpc) is 3.01. The summed E-state index contributed by atoms with van der Waals surface area (Å²) in [5.41, 5.74) is 1.15. The van der Waals surface area contributed by atoms with Gasteiger partial charge in [-0.05, 0) is 51.9 Å². The highest BCUT2D eigenvalue weighted by Gasteiger charge is 2.52. The number of likely N-dealkylation sites (tertiary alicyclic amines) is 1. The second kappa shape index (κ2) is 4.70. The maximum atomic E-state index is 12.8. The van der Waals surface area contributed by atoms with Gasteiger partial charge in [0.2, 0.25) is 5.91 Å². The third-order valence-corrected chi connectivity index (χ3v) is 4.50. The molecule has 0 radical (unpaired) electrons. The Bertz CT molecular complexity index is 546. The van der Waals surface area contributed by atoms with Crippen LogP contribution in [0.1, 0.15) is 31.7 Å². The molecule has 2 heterocycles. The Morgan fingerprint density at radius 3 is 2.25 bits per heavy atom. The molecule has 0 aromatic heterocycles. The van der Waals surface area contributed by atoms with Crippen LogP contribution in [-0.2, 0) is 9.59 Å². The van der Waals surface area contributed by atoms with Crippen LogP contribution >= 0.6 is 0 Å². The molecule has 2 aliphatic heterocycles. The number of imide groups is 1. The molecule has 2 aliphatic rings. The Hall–Kier alpha value is -1.68. The van der Waals surface area contributed by atoms with E-state index in [0.717, 1.165) is 31.5 Å². The monoisotopic (exact) mass is 272 g/mol. The van der Waals surface area contributed by atoms with E-state index in [4.69, 9.17) is 0 Å². The van der Waals surface area contributed by atoms with Crippen molar-refractivity contribution in [2.24, 2.45) is 0 Å². The van der Waals surface area contributed by atoms with Gasteiger partial charge in [0.05, 0.1) is 12.1 Å². The van der Waals surface area contributed by atoms with Gasteiger partial charge in [0.25, 0.3) is 5.91 Å². The number of amides is 2. The fraction of sp³-hybridized carbons (Fsp3) is 0.500. The van der Waals surface area contributed by atoms with E-state index in [2.05, 4.69) is 4.90 Å². The van der Waals surface area contributed by atoms with Crippen LogP contribution in [0.15, 0.2) is 24.3 Å². The zero-order chi connectivity index (χ0) is 14.3. The van der Waals surface area contributed by atoms with Gasteiger partial charge in [-0.2, -0.15) is 0 Å². The van der Waals surface area contributed by atoms with Crippen LogP contribution in [0, 0.1) is 6.92 Å². The zero-order valence-electron chi connectivity index (χ0n) is 12.1. The minimum Gasteiger partial charge on any atom is -0.289 e. The molecule has 0 aliphatic carbocycles. The van der Waals surface area contributed by atoms with Gasteiger partial charge in [0.15, 0.2) is 0 Å². The smallest absolute Gasteiger partial charge is 0.254 e. The highest BCUT2D eigenvalue weighted by atomic mass is 16.2. The van der Waals surface area contributed by atoms with Gasteiger partial charge in [-0.25, -0.2) is 4.90 Å². The molecule has 1 atom stereocenters. The maximum Gasteiger partial charge on any atom is 0.254 e. The Morgan fingerprint density at radius 2 is 1.65 bits per heavy atom. The quantitative estimate of drug-likeness (QED) is 0.774. The van der Waals surface area contributed by atoms with E-state index in [1.54, 1.807) is 0 Å². The van der Waals surface area contributed by atoms with Crippen molar-refractivity contribution >= 4 is 17.5 Å². The summed E-state index contributed by atoms with van der Waals surface area (Å²) in [6.45, 7) is 5.73. The van der Waals surface area contributed by atoms with E-state index < -0.39 is 5.54 Å². The topological polar surface area (TPSA) is 40.6 Å². The number of rotatable bonds is 2. The number of aryl methyl sites for hydroxylation is 1. The lowest BCUT2D eigenvalue weighted by Crippen LogP contribution is -2.50. The molecule has 1 aromatic carbocycles. The normalized spacial score (nSPS) is 27.6. The molecular formula is C16H20N2O2. The lowest BCUT2D eigenvalue weighted by Gasteiger charge is -2.32. The standard InChI is InChI=1S/C16H20N2O2/c1-12-5-7-13(8-6-12)18-14(19)11-16(2,15(18)20)17-9-3-4-10-17/h5-8H,3-4,9-11H2,1-2H3. The highest BCUT2D eigenvalue weighted by Crippen LogP contribution is 2.35. The van der Waals surface area contributed by atoms with Crippen molar-refractivity contribution in [3.8, 4) is 0 Å². The summed E-state index contributed by atoms with van der Waals surface area (Å²) in [5.74, 6) is -0.165. The van der Waals surface area contributed by atoms with Crippen molar-refractivity contribution in [2.45, 2.75) is 38.6 Å². The van der Waals surface area contributed by atoms with Gasteiger partial charge in [0.1, 0.15) is 5.54 Å². The lowest BCUT2D eigenvalue weighted by atomic mass is 9.98. The molecule has 2 amide bonds. The van der Waals surface area contributed by atoms with Gasteiger partial charge in [-0.15, -0.1) is 0 Å². The molecule has 1 unspecified atom stereocenters. The molecule has 2 fully saturated rings. The fourth-order valence-corrected chi connectivity index (χ4v) is 3.22. The van der Waals surface area contributed by atoms with Crippen LogP contribution in [0.3, 0.4) is 0 Å². The van der Waals surface area contributed by atoms with Gasteiger partial charge in [0, 0.05) is 0 Å². The van der Waals surface area contributed by atoms with Gasteiger partial charge in [-0.1, -0.05) is 17.7 Å². The second-order valence-electron chi connectivity index (χ2n) is 6.01. The minimum atomic E-state index is -0.654. The number of hydrogen-bond acceptors (Lipinski definition) is 3. The number of carbonyl (C=O) groups excluding carboxylic acids is 2. The van der Waals surface area contributed by atoms with Crippen LogP contribution in [-0.4, -0.2) is 35.3 Å². The zero-order valence-corrected chi connectivity index (χ0v) is 12.1. The first kappa shape index (κ1) is 13.3. The first-order valence-corrected chi connectivity index (χ1v) is 7.21. The first-order valence-electron chi connectivity index (χ1n) is 7.21. The third kappa shape index (κ3) is 1.95. The van der Waals surface area contributed by atoms with E-state index in [1.165, 1.54) is 4.90 Å². The molecule has 0 saturated carbocycles. The van der Waals surface area contributed by atoms with Crippen molar-refractivity contribution in [1.82, 2.24) is 4.90 Å². The SMILES string of the molecule is Cc1ccc(N2C(=O)CC(C)(N3CCCC3)C2=O)cc1. The largest absolute Gasteiger partial charge is 0.289 e. The molecule has 0 spiro atoms. The number of nitrogens with zero attached hydrogens (tertiary/aromatic N) is 2. The summed E-state index contributed by atoms with van der Waals surface area (Å²) in [4.78, 5) is 28.6. The molecule has 20 heavy (non-hydrogen) atoms. The molecule has 106 valence electrons. The van der Waals surface area contributed by atoms with Crippen LogP contribution in [0.4, 0.5) is 5.69 Å². The number of hydrogen-bond donors (Lipinski definition) is 0. The molecule has 2 saturated heterocycles. The van der Waals surface area contributed by atoms with E-state index in [1.807, 2.05) is 38.1 Å². The molecule has 4 nitrogen and oxygen atoms in total. The van der Waals surface area contributed by atoms with Crippen molar-refractivity contribution in [1.29, 1.82) is 0 Å². The van der Waals surface area contributed by atoms with Crippen LogP contribution in [0.5, 0.6) is 0 Å². The molecule has 3 rings (SSSR count). The Labute approximate surface area is 119 Å². The molecular weight excluding hydrogens is 252 g/mol. The molecule has 1 aromatic rings. The van der Waals surface area contributed by atoms with Crippen LogP contribution < -0.4 is 4.90 Å².